The van der Waals surface area contributed by atoms with Crippen LogP contribution in [0.5, 0.6) is 0 Å². The number of nitrogens with one attached hydrogen (secondary N) is 1. The molecule has 3 heteroatoms. The average Bonchev–Trinajstić information content (AvgIpc) is 2.27. The molecule has 0 saturated heterocycles. The van der Waals surface area contributed by atoms with Crippen LogP contribution in [0.3, 0.4) is 0 Å². The predicted octanol–water partition coefficient (Wildman–Crippen LogP) is 4.39. The Balaban J connectivity index is 2.28. The maximum atomic E-state index is 5.96. The molecule has 3 N–H and O–H groups in total. The quantitative estimate of drug-likeness (QED) is 0.805. The van der Waals surface area contributed by atoms with E-state index in [0.29, 0.717) is 0 Å². The van der Waals surface area contributed by atoms with Crippen LogP contribution in [0.4, 0.5) is 17.1 Å². The van der Waals surface area contributed by atoms with E-state index in [1.807, 2.05) is 31.2 Å². The Bertz CT molecular complexity index is 550. The minimum Gasteiger partial charge on any atom is -0.397 e. The number of anilines is 3. The number of rotatable bonds is 2. The zero-order valence-electron chi connectivity index (χ0n) is 9.92. The van der Waals surface area contributed by atoms with Crippen molar-refractivity contribution in [2.75, 3.05) is 11.1 Å². The fourth-order valence-electron chi connectivity index (χ4n) is 1.62. The van der Waals surface area contributed by atoms with E-state index in [0.717, 1.165) is 27.1 Å². The van der Waals surface area contributed by atoms with E-state index in [-0.39, 0.29) is 0 Å². The lowest BCUT2D eigenvalue weighted by atomic mass is 10.2. The molecule has 0 aliphatic heterocycles. The first-order valence-corrected chi connectivity index (χ1v) is 6.25. The standard InChI is InChI=1S/C14H15BrN2/c1-9-3-6-14(13(16)7-9)17-11-5-4-10(2)12(15)8-11/h3-8,17H,16H2,1-2H3. The van der Waals surface area contributed by atoms with Gasteiger partial charge < -0.3 is 11.1 Å². The highest BCUT2D eigenvalue weighted by Gasteiger charge is 2.01. The molecule has 0 unspecified atom stereocenters. The summed E-state index contributed by atoms with van der Waals surface area (Å²) < 4.78 is 1.09. The lowest BCUT2D eigenvalue weighted by molar-refractivity contribution is 1.41. The highest BCUT2D eigenvalue weighted by Crippen LogP contribution is 2.27. The van der Waals surface area contributed by atoms with Crippen molar-refractivity contribution in [2.24, 2.45) is 0 Å². The van der Waals surface area contributed by atoms with Gasteiger partial charge in [-0.25, -0.2) is 0 Å². The Kier molecular flexibility index (Phi) is 3.38. The summed E-state index contributed by atoms with van der Waals surface area (Å²) in [7, 11) is 0. The first-order valence-electron chi connectivity index (χ1n) is 5.45. The molecule has 88 valence electrons. The summed E-state index contributed by atoms with van der Waals surface area (Å²) in [6.07, 6.45) is 0. The van der Waals surface area contributed by atoms with Gasteiger partial charge in [-0.15, -0.1) is 0 Å². The van der Waals surface area contributed by atoms with Crippen molar-refractivity contribution in [1.29, 1.82) is 0 Å². The zero-order valence-corrected chi connectivity index (χ0v) is 11.5. The summed E-state index contributed by atoms with van der Waals surface area (Å²) in [5.41, 5.74) is 11.1. The second kappa shape index (κ2) is 4.80. The van der Waals surface area contributed by atoms with Gasteiger partial charge in [0.05, 0.1) is 11.4 Å². The van der Waals surface area contributed by atoms with Crippen molar-refractivity contribution in [1.82, 2.24) is 0 Å². The Labute approximate surface area is 110 Å². The van der Waals surface area contributed by atoms with Gasteiger partial charge in [0, 0.05) is 10.2 Å². The summed E-state index contributed by atoms with van der Waals surface area (Å²) in [4.78, 5) is 0. The molecule has 0 heterocycles. The lowest BCUT2D eigenvalue weighted by Gasteiger charge is -2.11. The van der Waals surface area contributed by atoms with E-state index in [4.69, 9.17) is 5.73 Å². The van der Waals surface area contributed by atoms with Crippen molar-refractivity contribution in [3.8, 4) is 0 Å². The molecule has 2 aromatic carbocycles. The van der Waals surface area contributed by atoms with Crippen molar-refractivity contribution >= 4 is 33.0 Å². The molecule has 0 aromatic heterocycles. The highest BCUT2D eigenvalue weighted by molar-refractivity contribution is 9.10. The topological polar surface area (TPSA) is 38.0 Å². The minimum atomic E-state index is 0.765. The molecule has 17 heavy (non-hydrogen) atoms. The molecule has 0 saturated carbocycles. The fraction of sp³-hybridized carbons (Fsp3) is 0.143. The van der Waals surface area contributed by atoms with Crippen LogP contribution in [0.2, 0.25) is 0 Å². The van der Waals surface area contributed by atoms with Crippen molar-refractivity contribution in [3.05, 3.63) is 52.0 Å². The van der Waals surface area contributed by atoms with Gasteiger partial charge in [-0.3, -0.25) is 0 Å². The van der Waals surface area contributed by atoms with E-state index in [1.165, 1.54) is 5.56 Å². The Morgan fingerprint density at radius 2 is 1.82 bits per heavy atom. The predicted molar refractivity (Wildman–Crippen MR) is 77.8 cm³/mol. The third-order valence-electron chi connectivity index (χ3n) is 2.66. The third-order valence-corrected chi connectivity index (χ3v) is 3.51. The largest absolute Gasteiger partial charge is 0.397 e. The monoisotopic (exact) mass is 290 g/mol. The second-order valence-electron chi connectivity index (χ2n) is 4.18. The van der Waals surface area contributed by atoms with Gasteiger partial charge in [-0.1, -0.05) is 28.1 Å². The third kappa shape index (κ3) is 2.80. The highest BCUT2D eigenvalue weighted by atomic mass is 79.9. The Hall–Kier alpha value is -1.48. The van der Waals surface area contributed by atoms with Crippen molar-refractivity contribution in [3.63, 3.8) is 0 Å². The fourth-order valence-corrected chi connectivity index (χ4v) is 2.00. The van der Waals surface area contributed by atoms with Crippen LogP contribution in [-0.4, -0.2) is 0 Å². The van der Waals surface area contributed by atoms with Crippen LogP contribution in [0.1, 0.15) is 11.1 Å². The van der Waals surface area contributed by atoms with Gasteiger partial charge in [0.1, 0.15) is 0 Å². The van der Waals surface area contributed by atoms with Crippen LogP contribution in [-0.2, 0) is 0 Å². The number of halogens is 1. The first-order chi connectivity index (χ1) is 8.06. The van der Waals surface area contributed by atoms with Crippen molar-refractivity contribution < 1.29 is 0 Å². The SMILES string of the molecule is Cc1ccc(Nc2ccc(C)c(Br)c2)c(N)c1. The van der Waals surface area contributed by atoms with E-state index in [2.05, 4.69) is 40.3 Å². The van der Waals surface area contributed by atoms with Gasteiger partial charge >= 0.3 is 0 Å². The van der Waals surface area contributed by atoms with E-state index < -0.39 is 0 Å². The molecular formula is C14H15BrN2. The molecule has 0 aliphatic rings. The van der Waals surface area contributed by atoms with Crippen molar-refractivity contribution in [2.45, 2.75) is 13.8 Å². The summed E-state index contributed by atoms with van der Waals surface area (Å²) in [6.45, 7) is 4.09. The van der Waals surface area contributed by atoms with E-state index >= 15 is 0 Å². The molecule has 0 radical (unpaired) electrons. The van der Waals surface area contributed by atoms with Crippen LogP contribution in [0.25, 0.3) is 0 Å². The van der Waals surface area contributed by atoms with E-state index in [9.17, 15) is 0 Å². The molecule has 0 aliphatic carbocycles. The van der Waals surface area contributed by atoms with Crippen LogP contribution >= 0.6 is 15.9 Å². The minimum absolute atomic E-state index is 0.765. The molecular weight excluding hydrogens is 276 g/mol. The smallest absolute Gasteiger partial charge is 0.0618 e. The van der Waals surface area contributed by atoms with Gasteiger partial charge in [0.15, 0.2) is 0 Å². The number of hydrogen-bond acceptors (Lipinski definition) is 2. The summed E-state index contributed by atoms with van der Waals surface area (Å²) >= 11 is 3.52. The summed E-state index contributed by atoms with van der Waals surface area (Å²) in [6, 6.07) is 12.2. The number of hydrogen-bond donors (Lipinski definition) is 2. The lowest BCUT2D eigenvalue weighted by Crippen LogP contribution is -1.96. The van der Waals surface area contributed by atoms with Gasteiger partial charge in [-0.05, 0) is 49.2 Å². The Morgan fingerprint density at radius 3 is 2.47 bits per heavy atom. The van der Waals surface area contributed by atoms with Gasteiger partial charge in [0.25, 0.3) is 0 Å². The molecule has 0 atom stereocenters. The van der Waals surface area contributed by atoms with Crippen LogP contribution in [0, 0.1) is 13.8 Å². The first kappa shape index (κ1) is 12.0. The summed E-state index contributed by atoms with van der Waals surface area (Å²) in [5, 5.41) is 3.31. The number of nitrogens with two attached hydrogens (primary N) is 1. The summed E-state index contributed by atoms with van der Waals surface area (Å²) in [5.74, 6) is 0. The second-order valence-corrected chi connectivity index (χ2v) is 5.03. The van der Waals surface area contributed by atoms with Gasteiger partial charge in [0.2, 0.25) is 0 Å². The normalized spacial score (nSPS) is 10.3. The van der Waals surface area contributed by atoms with Crippen LogP contribution in [0.15, 0.2) is 40.9 Å². The number of aryl methyl sites for hydroxylation is 2. The van der Waals surface area contributed by atoms with Gasteiger partial charge in [-0.2, -0.15) is 0 Å². The molecule has 2 nitrogen and oxygen atoms in total. The maximum Gasteiger partial charge on any atom is 0.0618 e. The molecule has 0 amide bonds. The maximum absolute atomic E-state index is 5.96. The Morgan fingerprint density at radius 1 is 1.06 bits per heavy atom. The zero-order chi connectivity index (χ0) is 12.4. The number of nitrogen functional groups attached to an aromatic ring is 1. The molecule has 2 rings (SSSR count). The molecule has 2 aromatic rings. The molecule has 0 bridgehead atoms. The van der Waals surface area contributed by atoms with E-state index in [1.54, 1.807) is 0 Å². The number of benzene rings is 2. The molecule has 0 fully saturated rings. The average molecular weight is 291 g/mol. The van der Waals surface area contributed by atoms with Crippen LogP contribution < -0.4 is 11.1 Å². The molecule has 0 spiro atoms.